The Labute approximate surface area is 171 Å². The summed E-state index contributed by atoms with van der Waals surface area (Å²) in [7, 11) is -3.35. The van der Waals surface area contributed by atoms with Crippen molar-refractivity contribution < 1.29 is 17.9 Å². The Morgan fingerprint density at radius 2 is 1.55 bits per heavy atom. The third-order valence-corrected chi connectivity index (χ3v) is 6.57. The molecule has 0 heterocycles. The molecule has 0 bridgehead atoms. The molecule has 0 spiro atoms. The number of hydrogen-bond donors (Lipinski definition) is 1. The van der Waals surface area contributed by atoms with Gasteiger partial charge in [-0.3, -0.25) is 4.79 Å². The number of carbonyl (C=O) groups is 1. The van der Waals surface area contributed by atoms with Crippen LogP contribution in [0.3, 0.4) is 0 Å². The molecule has 1 amide bonds. The first-order valence-corrected chi connectivity index (χ1v) is 10.8. The van der Waals surface area contributed by atoms with E-state index in [1.807, 2.05) is 54.6 Å². The van der Waals surface area contributed by atoms with Crippen LogP contribution in [-0.2, 0) is 16.4 Å². The monoisotopic (exact) mass is 409 g/mol. The van der Waals surface area contributed by atoms with E-state index in [2.05, 4.69) is 5.32 Å². The number of sulfone groups is 1. The molecule has 0 aromatic heterocycles. The van der Waals surface area contributed by atoms with Gasteiger partial charge in [0.15, 0.2) is 9.84 Å². The first kappa shape index (κ1) is 20.6. The van der Waals surface area contributed by atoms with Crippen LogP contribution < -0.4 is 10.1 Å². The molecule has 0 saturated carbocycles. The van der Waals surface area contributed by atoms with Crippen LogP contribution in [-0.4, -0.2) is 19.6 Å². The molecule has 3 aromatic rings. The number of amides is 1. The maximum Gasteiger partial charge on any atom is 0.251 e. The van der Waals surface area contributed by atoms with Gasteiger partial charge in [-0.05, 0) is 67.9 Å². The van der Waals surface area contributed by atoms with Crippen LogP contribution in [0, 0.1) is 0 Å². The number of rotatable bonds is 7. The maximum absolute atomic E-state index is 12.4. The normalized spacial score (nSPS) is 11.3. The fourth-order valence-electron chi connectivity index (χ4n) is 2.70. The molecule has 0 saturated heterocycles. The lowest BCUT2D eigenvalue weighted by atomic mass is 10.2. The lowest BCUT2D eigenvalue weighted by molar-refractivity contribution is 0.0950. The van der Waals surface area contributed by atoms with Gasteiger partial charge >= 0.3 is 0 Å². The minimum Gasteiger partial charge on any atom is -0.457 e. The van der Waals surface area contributed by atoms with Gasteiger partial charge in [-0.2, -0.15) is 0 Å². The van der Waals surface area contributed by atoms with Crippen LogP contribution in [0.15, 0.2) is 83.8 Å². The fourth-order valence-corrected chi connectivity index (χ4v) is 3.76. The summed E-state index contributed by atoms with van der Waals surface area (Å²) < 4.78 is 30.2. The minimum atomic E-state index is -3.35. The Bertz CT molecular complexity index is 1080. The Kier molecular flexibility index (Phi) is 6.34. The second-order valence-electron chi connectivity index (χ2n) is 6.86. The lowest BCUT2D eigenvalue weighted by Gasteiger charge is -2.10. The van der Waals surface area contributed by atoms with Gasteiger partial charge in [0.2, 0.25) is 0 Å². The third-order valence-electron chi connectivity index (χ3n) is 4.40. The van der Waals surface area contributed by atoms with Crippen LogP contribution in [0.4, 0.5) is 0 Å². The number of para-hydroxylation sites is 1. The maximum atomic E-state index is 12.4. The molecule has 6 heteroatoms. The van der Waals surface area contributed by atoms with Gasteiger partial charge in [0.05, 0.1) is 10.1 Å². The molecule has 150 valence electrons. The van der Waals surface area contributed by atoms with Crippen molar-refractivity contribution in [2.24, 2.45) is 0 Å². The molecule has 5 nitrogen and oxygen atoms in total. The van der Waals surface area contributed by atoms with Gasteiger partial charge < -0.3 is 10.1 Å². The van der Waals surface area contributed by atoms with E-state index in [9.17, 15) is 13.2 Å². The number of nitrogens with one attached hydrogen (secondary N) is 1. The molecule has 0 fully saturated rings. The van der Waals surface area contributed by atoms with E-state index in [1.165, 1.54) is 24.3 Å². The van der Waals surface area contributed by atoms with Crippen LogP contribution in [0.2, 0.25) is 0 Å². The molecule has 0 atom stereocenters. The largest absolute Gasteiger partial charge is 0.457 e. The molecule has 3 aromatic carbocycles. The Balaban J connectivity index is 1.63. The molecule has 3 rings (SSSR count). The highest BCUT2D eigenvalue weighted by atomic mass is 32.2. The Hall–Kier alpha value is -3.12. The predicted molar refractivity (Wildman–Crippen MR) is 113 cm³/mol. The van der Waals surface area contributed by atoms with Crippen molar-refractivity contribution in [1.29, 1.82) is 0 Å². The van der Waals surface area contributed by atoms with Crippen molar-refractivity contribution in [1.82, 2.24) is 5.32 Å². The van der Waals surface area contributed by atoms with Gasteiger partial charge in [0.1, 0.15) is 11.5 Å². The van der Waals surface area contributed by atoms with Crippen molar-refractivity contribution in [3.63, 3.8) is 0 Å². The van der Waals surface area contributed by atoms with Crippen LogP contribution >= 0.6 is 0 Å². The fraction of sp³-hybridized carbons (Fsp3) is 0.174. The third kappa shape index (κ3) is 5.23. The highest BCUT2D eigenvalue weighted by Crippen LogP contribution is 2.22. The number of benzene rings is 3. The van der Waals surface area contributed by atoms with E-state index in [0.717, 1.165) is 11.3 Å². The van der Waals surface area contributed by atoms with E-state index in [-0.39, 0.29) is 10.8 Å². The van der Waals surface area contributed by atoms with Crippen molar-refractivity contribution in [3.05, 3.63) is 90.0 Å². The summed E-state index contributed by atoms with van der Waals surface area (Å²) >= 11 is 0. The van der Waals surface area contributed by atoms with E-state index in [0.29, 0.717) is 17.9 Å². The van der Waals surface area contributed by atoms with Crippen LogP contribution in [0.25, 0.3) is 0 Å². The van der Waals surface area contributed by atoms with Gasteiger partial charge in [-0.25, -0.2) is 8.42 Å². The summed E-state index contributed by atoms with van der Waals surface area (Å²) in [4.78, 5) is 12.6. The van der Waals surface area contributed by atoms with E-state index in [1.54, 1.807) is 13.8 Å². The first-order valence-electron chi connectivity index (χ1n) is 9.30. The van der Waals surface area contributed by atoms with Gasteiger partial charge in [0.25, 0.3) is 5.91 Å². The summed E-state index contributed by atoms with van der Waals surface area (Å²) in [6.07, 6.45) is 0. The average Bonchev–Trinajstić information content (AvgIpc) is 2.73. The Morgan fingerprint density at radius 3 is 2.21 bits per heavy atom. The highest BCUT2D eigenvalue weighted by molar-refractivity contribution is 7.92. The number of carbonyl (C=O) groups excluding carboxylic acids is 1. The minimum absolute atomic E-state index is 0.217. The average molecular weight is 410 g/mol. The zero-order valence-corrected chi connectivity index (χ0v) is 17.1. The molecular formula is C23H23NO4S. The van der Waals surface area contributed by atoms with Crippen molar-refractivity contribution in [2.75, 3.05) is 0 Å². The van der Waals surface area contributed by atoms with Crippen LogP contribution in [0.1, 0.15) is 29.8 Å². The van der Waals surface area contributed by atoms with E-state index in [4.69, 9.17) is 4.74 Å². The second-order valence-corrected chi connectivity index (χ2v) is 9.37. The Morgan fingerprint density at radius 1 is 0.897 bits per heavy atom. The second kappa shape index (κ2) is 8.92. The number of ether oxygens (including phenoxy) is 1. The molecule has 1 N–H and O–H groups in total. The van der Waals surface area contributed by atoms with Gasteiger partial charge in [0, 0.05) is 12.1 Å². The summed E-state index contributed by atoms with van der Waals surface area (Å²) in [5.74, 6) is 1.16. The zero-order chi connectivity index (χ0) is 20.9. The van der Waals surface area contributed by atoms with E-state index < -0.39 is 15.1 Å². The molecule has 0 aliphatic rings. The predicted octanol–water partition coefficient (Wildman–Crippen LogP) is 4.59. The summed E-state index contributed by atoms with van der Waals surface area (Å²) in [6.45, 7) is 3.59. The summed E-state index contributed by atoms with van der Waals surface area (Å²) in [6, 6.07) is 22.9. The smallest absolute Gasteiger partial charge is 0.251 e. The SMILES string of the molecule is CC(C)S(=O)(=O)c1ccc(C(=O)NCc2cccc(Oc3ccccc3)c2)cc1. The molecular weight excluding hydrogens is 386 g/mol. The molecule has 0 aliphatic heterocycles. The standard InChI is InChI=1S/C23H23NO4S/c1-17(2)29(26,27)22-13-11-19(12-14-22)23(25)24-16-18-7-6-10-21(15-18)28-20-8-4-3-5-9-20/h3-15,17H,16H2,1-2H3,(H,24,25). The van der Waals surface area contributed by atoms with Crippen molar-refractivity contribution >= 4 is 15.7 Å². The van der Waals surface area contributed by atoms with E-state index >= 15 is 0 Å². The van der Waals surface area contributed by atoms with Crippen molar-refractivity contribution in [2.45, 2.75) is 30.5 Å². The lowest BCUT2D eigenvalue weighted by Crippen LogP contribution is -2.23. The summed E-state index contributed by atoms with van der Waals surface area (Å²) in [5, 5.41) is 2.34. The quantitative estimate of drug-likeness (QED) is 0.619. The van der Waals surface area contributed by atoms with Gasteiger partial charge in [-0.1, -0.05) is 30.3 Å². The molecule has 0 unspecified atom stereocenters. The molecule has 29 heavy (non-hydrogen) atoms. The van der Waals surface area contributed by atoms with Crippen LogP contribution in [0.5, 0.6) is 11.5 Å². The molecule has 0 aliphatic carbocycles. The highest BCUT2D eigenvalue weighted by Gasteiger charge is 2.19. The van der Waals surface area contributed by atoms with Crippen molar-refractivity contribution in [3.8, 4) is 11.5 Å². The summed E-state index contributed by atoms with van der Waals surface area (Å²) in [5.41, 5.74) is 1.30. The first-order chi connectivity index (χ1) is 13.9. The molecule has 0 radical (unpaired) electrons. The topological polar surface area (TPSA) is 72.5 Å². The zero-order valence-electron chi connectivity index (χ0n) is 16.3. The van der Waals surface area contributed by atoms with Gasteiger partial charge in [-0.15, -0.1) is 0 Å². The number of hydrogen-bond acceptors (Lipinski definition) is 4.